The quantitative estimate of drug-likeness (QED) is 0.827. The number of nitrogens with zero attached hydrogens (tertiary/aromatic N) is 1. The van der Waals surface area contributed by atoms with E-state index in [2.05, 4.69) is 31.1 Å². The maximum Gasteiger partial charge on any atom is 0.00978 e. The van der Waals surface area contributed by atoms with Gasteiger partial charge in [0.2, 0.25) is 0 Å². The molecule has 1 heterocycles. The second kappa shape index (κ2) is 6.91. The lowest BCUT2D eigenvalue weighted by molar-refractivity contribution is 0.170. The number of likely N-dealkylation sites (tertiary alicyclic amines) is 1. The van der Waals surface area contributed by atoms with Gasteiger partial charge in [-0.05, 0) is 63.6 Å². The summed E-state index contributed by atoms with van der Waals surface area (Å²) in [5.41, 5.74) is 0. The summed E-state index contributed by atoms with van der Waals surface area (Å²) < 4.78 is 0. The van der Waals surface area contributed by atoms with Crippen molar-refractivity contribution in [2.24, 2.45) is 17.8 Å². The van der Waals surface area contributed by atoms with Crippen LogP contribution in [0.5, 0.6) is 0 Å². The van der Waals surface area contributed by atoms with E-state index in [0.29, 0.717) is 0 Å². The van der Waals surface area contributed by atoms with Crippen LogP contribution in [0.4, 0.5) is 0 Å². The summed E-state index contributed by atoms with van der Waals surface area (Å²) in [6, 6.07) is 0.797. The monoisotopic (exact) mass is 252 g/mol. The SMILES string of the molecule is CC(C)C1CCCCC1NCC1CCCN(C)C1. The van der Waals surface area contributed by atoms with Gasteiger partial charge in [0, 0.05) is 12.6 Å². The Labute approximate surface area is 114 Å². The Morgan fingerprint density at radius 1 is 1.11 bits per heavy atom. The van der Waals surface area contributed by atoms with Gasteiger partial charge >= 0.3 is 0 Å². The summed E-state index contributed by atoms with van der Waals surface area (Å²) in [5, 5.41) is 3.92. The van der Waals surface area contributed by atoms with Gasteiger partial charge in [-0.2, -0.15) is 0 Å². The van der Waals surface area contributed by atoms with Crippen molar-refractivity contribution in [1.82, 2.24) is 10.2 Å². The largest absolute Gasteiger partial charge is 0.313 e. The molecule has 1 N–H and O–H groups in total. The van der Waals surface area contributed by atoms with Gasteiger partial charge in [0.1, 0.15) is 0 Å². The third-order valence-electron chi connectivity index (χ3n) is 5.07. The minimum absolute atomic E-state index is 0.797. The number of rotatable bonds is 4. The number of hydrogen-bond acceptors (Lipinski definition) is 2. The number of hydrogen-bond donors (Lipinski definition) is 1. The van der Waals surface area contributed by atoms with Crippen molar-refractivity contribution in [2.75, 3.05) is 26.7 Å². The molecule has 0 aromatic carbocycles. The zero-order chi connectivity index (χ0) is 13.0. The topological polar surface area (TPSA) is 15.3 Å². The first kappa shape index (κ1) is 14.3. The van der Waals surface area contributed by atoms with Crippen molar-refractivity contribution in [3.05, 3.63) is 0 Å². The molecule has 1 aliphatic carbocycles. The van der Waals surface area contributed by atoms with Crippen molar-refractivity contribution in [1.29, 1.82) is 0 Å². The van der Waals surface area contributed by atoms with Crippen LogP contribution >= 0.6 is 0 Å². The molecule has 0 spiro atoms. The Hall–Kier alpha value is -0.0800. The molecule has 1 saturated carbocycles. The standard InChI is InChI=1S/C16H32N2/c1-13(2)15-8-4-5-9-16(15)17-11-14-7-6-10-18(3)12-14/h13-17H,4-12H2,1-3H3. The molecule has 1 aliphatic heterocycles. The first-order valence-electron chi connectivity index (χ1n) is 8.08. The summed E-state index contributed by atoms with van der Waals surface area (Å²) in [6.45, 7) is 8.65. The van der Waals surface area contributed by atoms with Gasteiger partial charge in [0.15, 0.2) is 0 Å². The smallest absolute Gasteiger partial charge is 0.00978 e. The summed E-state index contributed by atoms with van der Waals surface area (Å²) in [6.07, 6.45) is 8.56. The minimum atomic E-state index is 0.797. The molecule has 2 heteroatoms. The molecule has 2 fully saturated rings. The summed E-state index contributed by atoms with van der Waals surface area (Å²) in [7, 11) is 2.27. The van der Waals surface area contributed by atoms with Crippen LogP contribution in [0.1, 0.15) is 52.4 Å². The summed E-state index contributed by atoms with van der Waals surface area (Å²) >= 11 is 0. The van der Waals surface area contributed by atoms with Crippen molar-refractivity contribution in [3.63, 3.8) is 0 Å². The van der Waals surface area contributed by atoms with E-state index >= 15 is 0 Å². The molecule has 0 aromatic heterocycles. The molecule has 3 unspecified atom stereocenters. The highest BCUT2D eigenvalue weighted by Gasteiger charge is 2.28. The van der Waals surface area contributed by atoms with E-state index in [4.69, 9.17) is 0 Å². The summed E-state index contributed by atoms with van der Waals surface area (Å²) in [4.78, 5) is 2.50. The van der Waals surface area contributed by atoms with E-state index in [1.165, 1.54) is 58.2 Å². The molecular formula is C16H32N2. The average Bonchev–Trinajstić information content (AvgIpc) is 2.37. The average molecular weight is 252 g/mol. The zero-order valence-corrected chi connectivity index (χ0v) is 12.6. The number of piperidine rings is 1. The molecule has 106 valence electrons. The first-order chi connectivity index (χ1) is 8.66. The van der Waals surface area contributed by atoms with E-state index in [9.17, 15) is 0 Å². The molecule has 3 atom stereocenters. The highest BCUT2D eigenvalue weighted by Crippen LogP contribution is 2.30. The Morgan fingerprint density at radius 3 is 2.61 bits per heavy atom. The lowest BCUT2D eigenvalue weighted by Crippen LogP contribution is -2.45. The fourth-order valence-electron chi connectivity index (χ4n) is 3.97. The van der Waals surface area contributed by atoms with Crippen molar-refractivity contribution in [2.45, 2.75) is 58.4 Å². The van der Waals surface area contributed by atoms with E-state index in [-0.39, 0.29) is 0 Å². The minimum Gasteiger partial charge on any atom is -0.313 e. The van der Waals surface area contributed by atoms with Gasteiger partial charge in [-0.3, -0.25) is 0 Å². The van der Waals surface area contributed by atoms with Gasteiger partial charge < -0.3 is 10.2 Å². The third kappa shape index (κ3) is 3.96. The van der Waals surface area contributed by atoms with Crippen LogP contribution in [-0.2, 0) is 0 Å². The molecule has 1 saturated heterocycles. The Bertz CT molecular complexity index is 239. The van der Waals surface area contributed by atoms with Crippen LogP contribution in [0.3, 0.4) is 0 Å². The molecular weight excluding hydrogens is 220 g/mol. The van der Waals surface area contributed by atoms with Crippen molar-refractivity contribution in [3.8, 4) is 0 Å². The van der Waals surface area contributed by atoms with Gasteiger partial charge in [-0.1, -0.05) is 26.7 Å². The van der Waals surface area contributed by atoms with Crippen LogP contribution in [0, 0.1) is 17.8 Å². The molecule has 0 radical (unpaired) electrons. The predicted octanol–water partition coefficient (Wildman–Crippen LogP) is 3.13. The van der Waals surface area contributed by atoms with E-state index < -0.39 is 0 Å². The third-order valence-corrected chi connectivity index (χ3v) is 5.07. The second-order valence-electron chi connectivity index (χ2n) is 6.98. The highest BCUT2D eigenvalue weighted by molar-refractivity contribution is 4.84. The van der Waals surface area contributed by atoms with Crippen LogP contribution in [0.2, 0.25) is 0 Å². The number of nitrogens with one attached hydrogen (secondary N) is 1. The second-order valence-corrected chi connectivity index (χ2v) is 6.98. The van der Waals surface area contributed by atoms with Crippen LogP contribution in [-0.4, -0.2) is 37.6 Å². The Balaban J connectivity index is 1.77. The molecule has 2 rings (SSSR count). The molecule has 0 amide bonds. The van der Waals surface area contributed by atoms with Crippen LogP contribution in [0.15, 0.2) is 0 Å². The highest BCUT2D eigenvalue weighted by atomic mass is 15.1. The van der Waals surface area contributed by atoms with Crippen molar-refractivity contribution < 1.29 is 0 Å². The molecule has 2 aliphatic rings. The fourth-order valence-corrected chi connectivity index (χ4v) is 3.97. The summed E-state index contributed by atoms with van der Waals surface area (Å²) in [5.74, 6) is 2.65. The molecule has 18 heavy (non-hydrogen) atoms. The van der Waals surface area contributed by atoms with E-state index in [1.54, 1.807) is 0 Å². The molecule has 0 aromatic rings. The predicted molar refractivity (Wildman–Crippen MR) is 78.8 cm³/mol. The van der Waals surface area contributed by atoms with E-state index in [0.717, 1.165) is 23.8 Å². The maximum atomic E-state index is 3.92. The normalized spacial score (nSPS) is 35.0. The lowest BCUT2D eigenvalue weighted by Gasteiger charge is -2.37. The Morgan fingerprint density at radius 2 is 1.89 bits per heavy atom. The van der Waals surface area contributed by atoms with Gasteiger partial charge in [0.05, 0.1) is 0 Å². The molecule has 0 bridgehead atoms. The van der Waals surface area contributed by atoms with Crippen LogP contribution < -0.4 is 5.32 Å². The van der Waals surface area contributed by atoms with Crippen LogP contribution in [0.25, 0.3) is 0 Å². The fraction of sp³-hybridized carbons (Fsp3) is 1.00. The molecule has 2 nitrogen and oxygen atoms in total. The van der Waals surface area contributed by atoms with Gasteiger partial charge in [-0.25, -0.2) is 0 Å². The maximum absolute atomic E-state index is 3.92. The van der Waals surface area contributed by atoms with Crippen molar-refractivity contribution >= 4 is 0 Å². The first-order valence-corrected chi connectivity index (χ1v) is 8.08. The van der Waals surface area contributed by atoms with Gasteiger partial charge in [-0.15, -0.1) is 0 Å². The lowest BCUT2D eigenvalue weighted by atomic mass is 9.77. The van der Waals surface area contributed by atoms with Gasteiger partial charge in [0.25, 0.3) is 0 Å². The zero-order valence-electron chi connectivity index (χ0n) is 12.6. The Kier molecular flexibility index (Phi) is 5.50. The van der Waals surface area contributed by atoms with E-state index in [1.807, 2.05) is 0 Å².